The molecule has 5 rings (SSSR count). The van der Waals surface area contributed by atoms with E-state index in [1.54, 1.807) is 54.3 Å². The van der Waals surface area contributed by atoms with Crippen LogP contribution in [0.25, 0.3) is 0 Å². The van der Waals surface area contributed by atoms with Crippen LogP contribution >= 0.6 is 0 Å². The first-order valence-electron chi connectivity index (χ1n) is 14.5. The number of aromatic nitrogens is 2. The number of anilines is 1. The molecule has 12 heteroatoms. The Morgan fingerprint density at radius 3 is 2.84 bits per heavy atom. The third-order valence-electron chi connectivity index (χ3n) is 7.46. The van der Waals surface area contributed by atoms with Crippen LogP contribution in [0.4, 0.5) is 5.69 Å². The Balaban J connectivity index is 1.38. The minimum atomic E-state index is -0.385. The zero-order valence-electron chi connectivity index (χ0n) is 24.7. The quantitative estimate of drug-likeness (QED) is 0.449. The summed E-state index contributed by atoms with van der Waals surface area (Å²) in [5.41, 5.74) is 1.91. The maximum absolute atomic E-state index is 13.5. The highest BCUT2D eigenvalue weighted by Gasteiger charge is 2.33. The molecule has 2 N–H and O–H groups in total. The Labute approximate surface area is 250 Å². The number of amides is 3. The van der Waals surface area contributed by atoms with Gasteiger partial charge in [0.25, 0.3) is 5.91 Å². The second-order valence-electron chi connectivity index (χ2n) is 10.8. The average molecular weight is 591 g/mol. The number of rotatable bonds is 6. The van der Waals surface area contributed by atoms with Crippen molar-refractivity contribution < 1.29 is 28.6 Å². The van der Waals surface area contributed by atoms with Crippen LogP contribution in [0.1, 0.15) is 35.7 Å². The van der Waals surface area contributed by atoms with Crippen LogP contribution in [-0.4, -0.2) is 89.3 Å². The van der Waals surface area contributed by atoms with Crippen molar-refractivity contribution in [2.45, 2.75) is 38.5 Å². The number of ether oxygens (including phenoxy) is 3. The molecule has 1 fully saturated rings. The van der Waals surface area contributed by atoms with Gasteiger partial charge >= 0.3 is 0 Å². The van der Waals surface area contributed by atoms with Crippen LogP contribution in [0.3, 0.4) is 0 Å². The predicted octanol–water partition coefficient (Wildman–Crippen LogP) is 2.80. The fourth-order valence-corrected chi connectivity index (χ4v) is 5.40. The monoisotopic (exact) mass is 590 g/mol. The molecule has 228 valence electrons. The van der Waals surface area contributed by atoms with Gasteiger partial charge in [-0.1, -0.05) is 19.1 Å². The molecule has 3 aromatic rings. The molecule has 1 aromatic heterocycles. The molecule has 0 spiro atoms. The summed E-state index contributed by atoms with van der Waals surface area (Å²) in [4.78, 5) is 43.2. The molecule has 2 atom stereocenters. The number of hydrogen-bond acceptors (Lipinski definition) is 8. The highest BCUT2D eigenvalue weighted by Crippen LogP contribution is 2.33. The van der Waals surface area contributed by atoms with E-state index in [2.05, 4.69) is 15.7 Å². The summed E-state index contributed by atoms with van der Waals surface area (Å²) in [6, 6.07) is 12.2. The Hall–Kier alpha value is -4.42. The molecule has 0 aliphatic carbocycles. The lowest BCUT2D eigenvalue weighted by Crippen LogP contribution is -2.57. The van der Waals surface area contributed by atoms with E-state index < -0.39 is 0 Å². The molecule has 43 heavy (non-hydrogen) atoms. The van der Waals surface area contributed by atoms with Crippen LogP contribution < -0.4 is 20.1 Å². The number of aryl methyl sites for hydroxylation is 1. The Morgan fingerprint density at radius 1 is 1.21 bits per heavy atom. The Morgan fingerprint density at radius 2 is 2.07 bits per heavy atom. The normalized spacial score (nSPS) is 19.7. The number of carbonyl (C=O) groups is 3. The summed E-state index contributed by atoms with van der Waals surface area (Å²) in [5, 5.41) is 10.1. The summed E-state index contributed by atoms with van der Waals surface area (Å²) in [6.07, 6.45) is 4.23. The first-order chi connectivity index (χ1) is 20.8. The van der Waals surface area contributed by atoms with Gasteiger partial charge in [-0.25, -0.2) is 0 Å². The minimum Gasteiger partial charge on any atom is -0.493 e. The first kappa shape index (κ1) is 30.1. The molecular formula is C31H38N6O6. The molecule has 2 aromatic carbocycles. The Bertz CT molecular complexity index is 1460. The van der Waals surface area contributed by atoms with Crippen molar-refractivity contribution in [1.82, 2.24) is 24.9 Å². The van der Waals surface area contributed by atoms with Crippen LogP contribution in [0.2, 0.25) is 0 Å². The molecule has 0 unspecified atom stereocenters. The lowest BCUT2D eigenvalue weighted by atomic mass is 10.0. The van der Waals surface area contributed by atoms with Gasteiger partial charge in [0.15, 0.2) is 11.5 Å². The third kappa shape index (κ3) is 7.70. The van der Waals surface area contributed by atoms with Gasteiger partial charge in [-0.05, 0) is 48.7 Å². The first-order valence-corrected chi connectivity index (χ1v) is 14.5. The number of carbonyl (C=O) groups excluding carboxylic acids is 3. The van der Waals surface area contributed by atoms with E-state index in [1.807, 2.05) is 36.1 Å². The molecule has 2 aliphatic heterocycles. The summed E-state index contributed by atoms with van der Waals surface area (Å²) in [7, 11) is 3.33. The molecule has 0 saturated carbocycles. The van der Waals surface area contributed by atoms with Gasteiger partial charge < -0.3 is 29.7 Å². The minimum absolute atomic E-state index is 0.0889. The van der Waals surface area contributed by atoms with Crippen molar-refractivity contribution in [2.75, 3.05) is 45.2 Å². The number of piperidine rings is 1. The maximum Gasteiger partial charge on any atom is 0.254 e. The summed E-state index contributed by atoms with van der Waals surface area (Å²) in [6.45, 7) is 3.79. The van der Waals surface area contributed by atoms with Gasteiger partial charge in [0, 0.05) is 38.4 Å². The number of benzene rings is 2. The molecular weight excluding hydrogens is 552 g/mol. The number of hydrogen-bond donors (Lipinski definition) is 2. The highest BCUT2D eigenvalue weighted by molar-refractivity contribution is 5.97. The lowest BCUT2D eigenvalue weighted by Gasteiger charge is -2.38. The predicted molar refractivity (Wildman–Crippen MR) is 159 cm³/mol. The van der Waals surface area contributed by atoms with Crippen molar-refractivity contribution in [3.8, 4) is 17.2 Å². The van der Waals surface area contributed by atoms with Crippen molar-refractivity contribution in [1.29, 1.82) is 0 Å². The second kappa shape index (κ2) is 13.7. The Kier molecular flexibility index (Phi) is 9.58. The molecule has 3 heterocycles. The molecule has 4 bridgehead atoms. The van der Waals surface area contributed by atoms with Gasteiger partial charge in [-0.2, -0.15) is 5.10 Å². The standard InChI is InChI=1S/C31H38N6O6/c1-4-11-37-19-30(39)34-25-10-12-36(18-29(38)33-23-15-32-35(2)16-23)17-28(25)42-20-21-6-5-7-24(13-21)43-27-14-22(31(37)40)8-9-26(27)41-3/h5-9,13-16,25,28H,4,10-12,17-20H2,1-3H3,(H,33,38)(H,34,39)/t25-,28-/m0/s1. The molecule has 0 radical (unpaired) electrons. The van der Waals surface area contributed by atoms with E-state index in [1.165, 1.54) is 0 Å². The van der Waals surface area contributed by atoms with Gasteiger partial charge in [0.05, 0.1) is 50.8 Å². The summed E-state index contributed by atoms with van der Waals surface area (Å²) < 4.78 is 19.7. The molecule has 1 saturated heterocycles. The van der Waals surface area contributed by atoms with E-state index in [0.717, 1.165) is 5.56 Å². The fraction of sp³-hybridized carbons (Fsp3) is 0.419. The lowest BCUT2D eigenvalue weighted by molar-refractivity contribution is -0.126. The maximum atomic E-state index is 13.5. The van der Waals surface area contributed by atoms with Gasteiger partial charge in [-0.15, -0.1) is 0 Å². The van der Waals surface area contributed by atoms with Crippen molar-refractivity contribution in [3.05, 3.63) is 66.0 Å². The van der Waals surface area contributed by atoms with Crippen molar-refractivity contribution in [2.24, 2.45) is 7.05 Å². The van der Waals surface area contributed by atoms with Crippen LogP contribution in [-0.2, 0) is 28.0 Å². The van der Waals surface area contributed by atoms with E-state index in [4.69, 9.17) is 14.2 Å². The van der Waals surface area contributed by atoms with Crippen molar-refractivity contribution >= 4 is 23.4 Å². The smallest absolute Gasteiger partial charge is 0.254 e. The van der Waals surface area contributed by atoms with Gasteiger partial charge in [-0.3, -0.25) is 24.0 Å². The van der Waals surface area contributed by atoms with Crippen LogP contribution in [0, 0.1) is 0 Å². The zero-order chi connectivity index (χ0) is 30.3. The molecule has 12 nitrogen and oxygen atoms in total. The van der Waals surface area contributed by atoms with E-state index in [0.29, 0.717) is 61.0 Å². The zero-order valence-corrected chi connectivity index (χ0v) is 24.7. The van der Waals surface area contributed by atoms with E-state index in [-0.39, 0.29) is 49.6 Å². The highest BCUT2D eigenvalue weighted by atomic mass is 16.5. The van der Waals surface area contributed by atoms with Gasteiger partial charge in [0.2, 0.25) is 11.8 Å². The number of methoxy groups -OCH3 is 1. The number of nitrogens with zero attached hydrogens (tertiary/aromatic N) is 4. The van der Waals surface area contributed by atoms with Crippen LogP contribution in [0.5, 0.6) is 17.2 Å². The third-order valence-corrected chi connectivity index (χ3v) is 7.46. The number of fused-ring (bicyclic) bond motifs is 5. The summed E-state index contributed by atoms with van der Waals surface area (Å²) >= 11 is 0. The van der Waals surface area contributed by atoms with Gasteiger partial charge in [0.1, 0.15) is 5.75 Å². The second-order valence-corrected chi connectivity index (χ2v) is 10.8. The molecule has 2 aliphatic rings. The number of likely N-dealkylation sites (tertiary alicyclic amines) is 1. The van der Waals surface area contributed by atoms with Crippen LogP contribution in [0.15, 0.2) is 54.9 Å². The summed E-state index contributed by atoms with van der Waals surface area (Å²) in [5.74, 6) is 0.767. The number of nitrogens with one attached hydrogen (secondary N) is 2. The fourth-order valence-electron chi connectivity index (χ4n) is 5.40. The largest absolute Gasteiger partial charge is 0.493 e. The topological polar surface area (TPSA) is 127 Å². The average Bonchev–Trinajstić information content (AvgIpc) is 3.40. The van der Waals surface area contributed by atoms with Crippen molar-refractivity contribution in [3.63, 3.8) is 0 Å². The van der Waals surface area contributed by atoms with E-state index in [9.17, 15) is 14.4 Å². The van der Waals surface area contributed by atoms with E-state index >= 15 is 0 Å². The SMILES string of the molecule is CCCN1CC(=O)N[C@H]2CCN(CC(=O)Nc3cnn(C)c3)C[C@@H]2OCc2cccc(c2)Oc2cc(ccc2OC)C1=O. The molecule has 3 amide bonds.